The van der Waals surface area contributed by atoms with Crippen LogP contribution in [0.3, 0.4) is 0 Å². The normalized spacial score (nSPS) is 25.0. The highest BCUT2D eigenvalue weighted by Gasteiger charge is 2.50. The van der Waals surface area contributed by atoms with Gasteiger partial charge in [-0.1, -0.05) is 36.1 Å². The molecule has 0 aliphatic carbocycles. The molecule has 0 saturated carbocycles. The average molecular weight is 469 g/mol. The lowest BCUT2D eigenvalue weighted by Gasteiger charge is -2.57. The Morgan fingerprint density at radius 1 is 1.12 bits per heavy atom. The summed E-state index contributed by atoms with van der Waals surface area (Å²) >= 11 is 0. The van der Waals surface area contributed by atoms with Gasteiger partial charge >= 0.3 is 0 Å². The van der Waals surface area contributed by atoms with Crippen LogP contribution in [0.5, 0.6) is 0 Å². The van der Waals surface area contributed by atoms with Crippen molar-refractivity contribution in [2.45, 2.75) is 55.7 Å². The molecule has 4 atom stereocenters. The van der Waals surface area contributed by atoms with Gasteiger partial charge in [0.2, 0.25) is 10.0 Å². The topological polar surface area (TPSA) is 81.1 Å². The van der Waals surface area contributed by atoms with Gasteiger partial charge in [-0.25, -0.2) is 8.42 Å². The van der Waals surface area contributed by atoms with Crippen LogP contribution in [-0.4, -0.2) is 72.3 Å². The van der Waals surface area contributed by atoms with Crippen LogP contribution in [0, 0.1) is 18.8 Å². The van der Waals surface area contributed by atoms with Gasteiger partial charge in [0.05, 0.1) is 11.5 Å². The molecule has 2 heterocycles. The molecule has 4 rings (SSSR count). The van der Waals surface area contributed by atoms with Crippen LogP contribution < -0.4 is 0 Å². The van der Waals surface area contributed by atoms with E-state index in [4.69, 9.17) is 0 Å². The molecule has 33 heavy (non-hydrogen) atoms. The molecule has 0 aromatic heterocycles. The molecular formula is C26H32N2O4S. The molecule has 2 fully saturated rings. The summed E-state index contributed by atoms with van der Waals surface area (Å²) in [5, 5.41) is 19.5. The van der Waals surface area contributed by atoms with Crippen LogP contribution in [0.4, 0.5) is 0 Å². The van der Waals surface area contributed by atoms with Crippen molar-refractivity contribution in [3.63, 3.8) is 0 Å². The van der Waals surface area contributed by atoms with Gasteiger partial charge in [0.25, 0.3) is 0 Å². The van der Waals surface area contributed by atoms with Crippen LogP contribution in [0.2, 0.25) is 0 Å². The van der Waals surface area contributed by atoms with Crippen molar-refractivity contribution in [1.82, 2.24) is 9.21 Å². The van der Waals surface area contributed by atoms with Gasteiger partial charge < -0.3 is 10.2 Å². The van der Waals surface area contributed by atoms with Gasteiger partial charge in [-0.15, -0.1) is 0 Å². The third-order valence-electron chi connectivity index (χ3n) is 6.68. The van der Waals surface area contributed by atoms with Crippen molar-refractivity contribution in [1.29, 1.82) is 0 Å². The SMILES string of the molecule is Cc1cccc(S(=O)(=O)N2CCCCN3[C@H](CO)[C@@H](c4ccc(C#C[C@H](C)O)cc4)[C@H]3C2)c1. The number of aliphatic hydroxyl groups is 2. The molecule has 2 N–H and O–H groups in total. The van der Waals surface area contributed by atoms with E-state index < -0.39 is 16.1 Å². The van der Waals surface area contributed by atoms with Crippen molar-refractivity contribution in [2.24, 2.45) is 0 Å². The predicted molar refractivity (Wildman–Crippen MR) is 128 cm³/mol. The Balaban J connectivity index is 1.61. The standard InChI is InChI=1S/C26H32N2O4S/c1-19-6-5-7-23(16-19)33(31,32)27-14-3-4-15-28-24(17-27)26(25(28)18-29)22-12-10-21(11-13-22)9-8-20(2)30/h5-7,10-13,16,20,24-26,29-30H,3-4,14-15,17-18H2,1-2H3/t20-,24+,25+,26-/m0/s1. The molecule has 0 bridgehead atoms. The first-order chi connectivity index (χ1) is 15.8. The minimum atomic E-state index is -3.60. The van der Waals surface area contributed by atoms with E-state index in [1.54, 1.807) is 29.4 Å². The molecule has 2 aliphatic rings. The second-order valence-corrected chi connectivity index (χ2v) is 11.0. The van der Waals surface area contributed by atoms with E-state index in [1.165, 1.54) is 0 Å². The monoisotopic (exact) mass is 468 g/mol. The van der Waals surface area contributed by atoms with E-state index in [-0.39, 0.29) is 24.6 Å². The number of sulfonamides is 1. The summed E-state index contributed by atoms with van der Waals surface area (Å²) in [4.78, 5) is 2.61. The molecule has 7 heteroatoms. The quantitative estimate of drug-likeness (QED) is 0.674. The minimum absolute atomic E-state index is 0.0106. The number of aryl methyl sites for hydroxylation is 1. The van der Waals surface area contributed by atoms with E-state index in [2.05, 4.69) is 16.7 Å². The van der Waals surface area contributed by atoms with Crippen LogP contribution >= 0.6 is 0 Å². The Labute approximate surface area is 196 Å². The third-order valence-corrected chi connectivity index (χ3v) is 8.54. The van der Waals surface area contributed by atoms with Crippen LogP contribution in [-0.2, 0) is 10.0 Å². The molecule has 2 aromatic carbocycles. The average Bonchev–Trinajstić information content (AvgIpc) is 2.77. The highest BCUT2D eigenvalue weighted by molar-refractivity contribution is 7.89. The number of hydrogen-bond donors (Lipinski definition) is 2. The zero-order valence-corrected chi connectivity index (χ0v) is 20.0. The first-order valence-corrected chi connectivity index (χ1v) is 13.0. The molecule has 0 spiro atoms. The number of hydrogen-bond acceptors (Lipinski definition) is 5. The van der Waals surface area contributed by atoms with Gasteiger partial charge in [-0.2, -0.15) is 4.31 Å². The third kappa shape index (κ3) is 5.01. The smallest absolute Gasteiger partial charge is 0.243 e. The highest BCUT2D eigenvalue weighted by Crippen LogP contribution is 2.42. The number of rotatable bonds is 4. The maximum absolute atomic E-state index is 13.5. The lowest BCUT2D eigenvalue weighted by molar-refractivity contribution is -0.0553. The van der Waals surface area contributed by atoms with Gasteiger partial charge in [0.15, 0.2) is 0 Å². The second-order valence-electron chi connectivity index (χ2n) is 9.03. The largest absolute Gasteiger partial charge is 0.395 e. The van der Waals surface area contributed by atoms with Gasteiger partial charge in [0.1, 0.15) is 6.10 Å². The zero-order valence-electron chi connectivity index (χ0n) is 19.2. The Morgan fingerprint density at radius 2 is 1.85 bits per heavy atom. The Kier molecular flexibility index (Phi) is 7.22. The summed E-state index contributed by atoms with van der Waals surface area (Å²) in [6.07, 6.45) is 1.01. The van der Waals surface area contributed by atoms with Crippen molar-refractivity contribution in [2.75, 3.05) is 26.2 Å². The maximum Gasteiger partial charge on any atom is 0.243 e. The second kappa shape index (κ2) is 9.96. The molecule has 6 nitrogen and oxygen atoms in total. The first-order valence-electron chi connectivity index (χ1n) is 11.5. The highest BCUT2D eigenvalue weighted by atomic mass is 32.2. The molecule has 176 valence electrons. The Hall–Kier alpha value is -2.21. The molecular weight excluding hydrogens is 436 g/mol. The van der Waals surface area contributed by atoms with Gasteiger partial charge in [-0.05, 0) is 68.6 Å². The number of nitrogens with zero attached hydrogens (tertiary/aromatic N) is 2. The summed E-state index contributed by atoms with van der Waals surface area (Å²) in [6, 6.07) is 14.9. The lowest BCUT2D eigenvalue weighted by atomic mass is 9.74. The van der Waals surface area contributed by atoms with Crippen molar-refractivity contribution in [3.8, 4) is 11.8 Å². The van der Waals surface area contributed by atoms with Crippen molar-refractivity contribution < 1.29 is 18.6 Å². The minimum Gasteiger partial charge on any atom is -0.395 e. The summed E-state index contributed by atoms with van der Waals surface area (Å²) in [5.74, 6) is 5.74. The first kappa shape index (κ1) is 23.9. The summed E-state index contributed by atoms with van der Waals surface area (Å²) < 4.78 is 28.6. The fourth-order valence-corrected chi connectivity index (χ4v) is 6.63. The number of aliphatic hydroxyl groups excluding tert-OH is 2. The predicted octanol–water partition coefficient (Wildman–Crippen LogP) is 2.34. The Bertz CT molecular complexity index is 1130. The Morgan fingerprint density at radius 3 is 2.52 bits per heavy atom. The van der Waals surface area contributed by atoms with E-state index in [0.29, 0.717) is 18.0 Å². The maximum atomic E-state index is 13.5. The van der Waals surface area contributed by atoms with E-state index in [9.17, 15) is 18.6 Å². The van der Waals surface area contributed by atoms with E-state index in [0.717, 1.165) is 36.1 Å². The summed E-state index contributed by atoms with van der Waals surface area (Å²) in [6.45, 7) is 5.34. The number of fused-ring (bicyclic) bond motifs is 1. The summed E-state index contributed by atoms with van der Waals surface area (Å²) in [5.41, 5.74) is 2.81. The molecule has 2 aromatic rings. The van der Waals surface area contributed by atoms with Gasteiger partial charge in [0, 0.05) is 36.7 Å². The molecule has 0 radical (unpaired) electrons. The van der Waals surface area contributed by atoms with Crippen LogP contribution in [0.25, 0.3) is 0 Å². The molecule has 0 amide bonds. The van der Waals surface area contributed by atoms with Gasteiger partial charge in [-0.3, -0.25) is 4.90 Å². The van der Waals surface area contributed by atoms with Crippen molar-refractivity contribution >= 4 is 10.0 Å². The van der Waals surface area contributed by atoms with Crippen LogP contribution in [0.15, 0.2) is 53.4 Å². The molecule has 2 aliphatic heterocycles. The number of benzene rings is 2. The fraction of sp³-hybridized carbons (Fsp3) is 0.462. The van der Waals surface area contributed by atoms with Crippen molar-refractivity contribution in [3.05, 3.63) is 65.2 Å². The fourth-order valence-electron chi connectivity index (χ4n) is 5.03. The molecule has 0 unspecified atom stereocenters. The zero-order chi connectivity index (χ0) is 23.6. The van der Waals surface area contributed by atoms with E-state index >= 15 is 0 Å². The van der Waals surface area contributed by atoms with E-state index in [1.807, 2.05) is 37.3 Å². The lowest BCUT2D eigenvalue weighted by Crippen LogP contribution is -2.67. The summed E-state index contributed by atoms with van der Waals surface area (Å²) in [7, 11) is -3.60. The molecule has 2 saturated heterocycles. The van der Waals surface area contributed by atoms with Crippen LogP contribution in [0.1, 0.15) is 42.4 Å².